The number of anilines is 1. The van der Waals surface area contributed by atoms with Crippen molar-refractivity contribution in [1.82, 2.24) is 4.57 Å². The van der Waals surface area contributed by atoms with Gasteiger partial charge in [-0.15, -0.1) is 0 Å². The molecule has 4 nitrogen and oxygen atoms in total. The summed E-state index contributed by atoms with van der Waals surface area (Å²) >= 11 is 0. The zero-order valence-electron chi connectivity index (χ0n) is 17.1. The fraction of sp³-hybridized carbons (Fsp3) is 0.773. The molecule has 1 rings (SSSR count). The number of aryl methyl sites for hydroxylation is 1. The van der Waals surface area contributed by atoms with Crippen molar-refractivity contribution in [2.75, 3.05) is 11.9 Å². The van der Waals surface area contributed by atoms with E-state index in [4.69, 9.17) is 5.11 Å². The SMILES string of the molecule is CCCCCCCCCCCCCCCCNc1cc(C(=O)O)n(C)c1. The van der Waals surface area contributed by atoms with Crippen molar-refractivity contribution in [3.63, 3.8) is 0 Å². The van der Waals surface area contributed by atoms with Gasteiger partial charge in [0.05, 0.1) is 5.69 Å². The van der Waals surface area contributed by atoms with Crippen molar-refractivity contribution in [2.24, 2.45) is 7.05 Å². The van der Waals surface area contributed by atoms with Gasteiger partial charge >= 0.3 is 5.97 Å². The van der Waals surface area contributed by atoms with Gasteiger partial charge in [0.1, 0.15) is 5.69 Å². The Hall–Kier alpha value is -1.45. The summed E-state index contributed by atoms with van der Waals surface area (Å²) < 4.78 is 1.65. The molecule has 0 saturated heterocycles. The van der Waals surface area contributed by atoms with Crippen LogP contribution in [-0.2, 0) is 7.05 Å². The molecule has 0 aromatic carbocycles. The zero-order chi connectivity index (χ0) is 19.0. The highest BCUT2D eigenvalue weighted by Gasteiger charge is 2.09. The third kappa shape index (κ3) is 10.5. The first kappa shape index (κ1) is 22.6. The van der Waals surface area contributed by atoms with E-state index >= 15 is 0 Å². The van der Waals surface area contributed by atoms with E-state index in [2.05, 4.69) is 12.2 Å². The summed E-state index contributed by atoms with van der Waals surface area (Å²) in [6.45, 7) is 3.19. The summed E-state index contributed by atoms with van der Waals surface area (Å²) in [5.41, 5.74) is 1.23. The van der Waals surface area contributed by atoms with Crippen LogP contribution in [0, 0.1) is 0 Å². The molecule has 0 aliphatic heterocycles. The smallest absolute Gasteiger partial charge is 0.352 e. The zero-order valence-corrected chi connectivity index (χ0v) is 17.1. The molecule has 150 valence electrons. The lowest BCUT2D eigenvalue weighted by molar-refractivity contribution is 0.0686. The molecule has 0 unspecified atom stereocenters. The molecule has 0 spiro atoms. The van der Waals surface area contributed by atoms with Crippen LogP contribution < -0.4 is 5.32 Å². The number of nitrogens with zero attached hydrogens (tertiary/aromatic N) is 1. The fourth-order valence-corrected chi connectivity index (χ4v) is 3.43. The highest BCUT2D eigenvalue weighted by molar-refractivity contribution is 5.87. The summed E-state index contributed by atoms with van der Waals surface area (Å²) in [6, 6.07) is 1.70. The Morgan fingerprint density at radius 1 is 0.885 bits per heavy atom. The maximum Gasteiger partial charge on any atom is 0.352 e. The second-order valence-electron chi connectivity index (χ2n) is 7.55. The average molecular weight is 365 g/mol. The monoisotopic (exact) mass is 364 g/mol. The maximum absolute atomic E-state index is 11.0. The Kier molecular flexibility index (Phi) is 12.8. The number of carbonyl (C=O) groups is 1. The van der Waals surface area contributed by atoms with Gasteiger partial charge in [-0.25, -0.2) is 4.79 Å². The average Bonchev–Trinajstić information content (AvgIpc) is 2.99. The molecule has 0 bridgehead atoms. The van der Waals surface area contributed by atoms with Crippen LogP contribution in [0.5, 0.6) is 0 Å². The van der Waals surface area contributed by atoms with Crippen molar-refractivity contribution in [3.8, 4) is 0 Å². The highest BCUT2D eigenvalue weighted by Crippen LogP contribution is 2.14. The van der Waals surface area contributed by atoms with Gasteiger partial charge in [-0.1, -0.05) is 90.4 Å². The Morgan fingerprint density at radius 2 is 1.35 bits per heavy atom. The second kappa shape index (κ2) is 14.7. The molecule has 4 heteroatoms. The number of hydrogen-bond acceptors (Lipinski definition) is 2. The summed E-state index contributed by atoms with van der Waals surface area (Å²) in [4.78, 5) is 11.0. The quantitative estimate of drug-likeness (QED) is 0.305. The van der Waals surface area contributed by atoms with E-state index in [0.29, 0.717) is 5.69 Å². The Labute approximate surface area is 160 Å². The number of rotatable bonds is 17. The topological polar surface area (TPSA) is 54.3 Å². The summed E-state index contributed by atoms with van der Waals surface area (Å²) in [7, 11) is 1.76. The first-order valence-electron chi connectivity index (χ1n) is 10.8. The van der Waals surface area contributed by atoms with Crippen LogP contribution in [0.3, 0.4) is 0 Å². The van der Waals surface area contributed by atoms with E-state index in [9.17, 15) is 4.79 Å². The van der Waals surface area contributed by atoms with Gasteiger partial charge in [-0.05, 0) is 12.5 Å². The molecule has 26 heavy (non-hydrogen) atoms. The number of hydrogen-bond donors (Lipinski definition) is 2. The number of nitrogens with one attached hydrogen (secondary N) is 1. The summed E-state index contributed by atoms with van der Waals surface area (Å²) in [5, 5.41) is 12.4. The molecule has 0 atom stereocenters. The Morgan fingerprint density at radius 3 is 1.77 bits per heavy atom. The maximum atomic E-state index is 11.0. The molecule has 0 fully saturated rings. The van der Waals surface area contributed by atoms with Crippen LogP contribution in [0.4, 0.5) is 5.69 Å². The van der Waals surface area contributed by atoms with E-state index in [0.717, 1.165) is 18.7 Å². The van der Waals surface area contributed by atoms with Gasteiger partial charge in [-0.3, -0.25) is 0 Å². The predicted octanol–water partition coefficient (Wildman–Crippen LogP) is 6.62. The van der Waals surface area contributed by atoms with E-state index < -0.39 is 5.97 Å². The van der Waals surface area contributed by atoms with E-state index in [-0.39, 0.29) is 0 Å². The van der Waals surface area contributed by atoms with Crippen LogP contribution >= 0.6 is 0 Å². The normalized spacial score (nSPS) is 11.0. The Bertz CT molecular complexity index is 482. The van der Waals surface area contributed by atoms with Gasteiger partial charge in [0.2, 0.25) is 0 Å². The molecule has 0 aliphatic carbocycles. The standard InChI is InChI=1S/C22H40N2O2/c1-3-4-5-6-7-8-9-10-11-12-13-14-15-16-17-23-20-18-21(22(25)26)24(2)19-20/h18-19,23H,3-17H2,1-2H3,(H,25,26). The van der Waals surface area contributed by atoms with E-state index in [1.165, 1.54) is 83.5 Å². The molecule has 1 aromatic heterocycles. The number of aromatic carboxylic acids is 1. The van der Waals surface area contributed by atoms with Gasteiger partial charge in [-0.2, -0.15) is 0 Å². The third-order valence-corrected chi connectivity index (χ3v) is 5.08. The predicted molar refractivity (Wildman–Crippen MR) is 111 cm³/mol. The molecule has 0 saturated carbocycles. The molecule has 0 amide bonds. The van der Waals surface area contributed by atoms with Crippen molar-refractivity contribution in [2.45, 2.75) is 96.8 Å². The van der Waals surface area contributed by atoms with E-state index in [1.54, 1.807) is 17.7 Å². The fourth-order valence-electron chi connectivity index (χ4n) is 3.43. The highest BCUT2D eigenvalue weighted by atomic mass is 16.4. The van der Waals surface area contributed by atoms with E-state index in [1.807, 2.05) is 6.20 Å². The number of unbranched alkanes of at least 4 members (excludes halogenated alkanes) is 13. The molecule has 1 heterocycles. The van der Waals surface area contributed by atoms with Crippen LogP contribution in [-0.4, -0.2) is 22.2 Å². The van der Waals surface area contributed by atoms with Crippen LogP contribution in [0.2, 0.25) is 0 Å². The first-order valence-corrected chi connectivity index (χ1v) is 10.8. The third-order valence-electron chi connectivity index (χ3n) is 5.08. The molecule has 1 aromatic rings. The summed E-state index contributed by atoms with van der Waals surface area (Å²) in [6.07, 6.45) is 21.0. The van der Waals surface area contributed by atoms with Gasteiger partial charge < -0.3 is 15.0 Å². The molecule has 0 aliphatic rings. The molecular formula is C22H40N2O2. The van der Waals surface area contributed by atoms with Crippen molar-refractivity contribution in [1.29, 1.82) is 0 Å². The lowest BCUT2D eigenvalue weighted by Gasteiger charge is -2.04. The number of carboxylic acids is 1. The van der Waals surface area contributed by atoms with Gasteiger partial charge in [0.25, 0.3) is 0 Å². The Balaban J connectivity index is 1.85. The molecular weight excluding hydrogens is 324 g/mol. The largest absolute Gasteiger partial charge is 0.477 e. The van der Waals surface area contributed by atoms with Crippen molar-refractivity contribution < 1.29 is 9.90 Å². The van der Waals surface area contributed by atoms with Crippen LogP contribution in [0.25, 0.3) is 0 Å². The van der Waals surface area contributed by atoms with Crippen molar-refractivity contribution >= 4 is 11.7 Å². The minimum Gasteiger partial charge on any atom is -0.477 e. The number of carboxylic acid groups (broad SMARTS) is 1. The minimum absolute atomic E-state index is 0.327. The van der Waals surface area contributed by atoms with Crippen LogP contribution in [0.1, 0.15) is 107 Å². The first-order chi connectivity index (χ1) is 12.6. The number of aromatic nitrogens is 1. The van der Waals surface area contributed by atoms with Crippen molar-refractivity contribution in [3.05, 3.63) is 18.0 Å². The van der Waals surface area contributed by atoms with Gasteiger partial charge in [0, 0.05) is 19.8 Å². The lowest BCUT2D eigenvalue weighted by Crippen LogP contribution is -2.02. The molecule has 2 N–H and O–H groups in total. The summed E-state index contributed by atoms with van der Waals surface area (Å²) in [5.74, 6) is -0.878. The minimum atomic E-state index is -0.878. The lowest BCUT2D eigenvalue weighted by atomic mass is 10.0. The van der Waals surface area contributed by atoms with Gasteiger partial charge in [0.15, 0.2) is 0 Å². The second-order valence-corrected chi connectivity index (χ2v) is 7.55. The molecule has 0 radical (unpaired) electrons. The van der Waals surface area contributed by atoms with Crippen LogP contribution in [0.15, 0.2) is 12.3 Å².